The Balaban J connectivity index is 2.11. The minimum atomic E-state index is -1.08. The highest BCUT2D eigenvalue weighted by Gasteiger charge is 2.44. The van der Waals surface area contributed by atoms with Gasteiger partial charge < -0.3 is 35.6 Å². The van der Waals surface area contributed by atoms with Crippen molar-refractivity contribution in [2.45, 2.75) is 32.0 Å². The van der Waals surface area contributed by atoms with Gasteiger partial charge in [0.05, 0.1) is 0 Å². The van der Waals surface area contributed by atoms with Crippen LogP contribution in [-0.4, -0.2) is 32.1 Å². The number of primary amides is 1. The second kappa shape index (κ2) is 6.46. The topological polar surface area (TPSA) is 142 Å². The zero-order chi connectivity index (χ0) is 19.9. The first-order valence-electron chi connectivity index (χ1n) is 8.30. The second-order valence-electron chi connectivity index (χ2n) is 7.06. The van der Waals surface area contributed by atoms with Gasteiger partial charge in [0.15, 0.2) is 11.5 Å². The lowest BCUT2D eigenvalue weighted by atomic mass is 9.76. The molecule has 0 aliphatic carbocycles. The Kier molecular flexibility index (Phi) is 4.43. The number of aromatic hydroxyl groups is 4. The summed E-state index contributed by atoms with van der Waals surface area (Å²) in [5.41, 5.74) is 5.10. The number of ether oxygens (including phenoxy) is 2. The highest BCUT2D eigenvalue weighted by atomic mass is 16.6. The number of fused-ring (bicyclic) bond motifs is 1. The summed E-state index contributed by atoms with van der Waals surface area (Å²) in [4.78, 5) is 11.4. The summed E-state index contributed by atoms with van der Waals surface area (Å²) < 4.78 is 11.3. The van der Waals surface area contributed by atoms with E-state index in [1.54, 1.807) is 19.9 Å². The van der Waals surface area contributed by atoms with Gasteiger partial charge in [0.25, 0.3) is 0 Å². The van der Waals surface area contributed by atoms with Crippen LogP contribution >= 0.6 is 0 Å². The van der Waals surface area contributed by atoms with E-state index in [4.69, 9.17) is 15.2 Å². The Bertz CT molecular complexity index is 894. The molecule has 0 unspecified atom stereocenters. The monoisotopic (exact) mass is 375 g/mol. The van der Waals surface area contributed by atoms with Crippen molar-refractivity contribution in [1.29, 1.82) is 0 Å². The molecule has 0 spiro atoms. The normalized spacial score (nSPS) is 19.0. The van der Waals surface area contributed by atoms with Crippen molar-refractivity contribution < 1.29 is 34.7 Å². The molecule has 6 N–H and O–H groups in total. The maximum absolute atomic E-state index is 11.4. The number of phenolic OH excluding ortho intramolecular Hbond substituents is 4. The number of rotatable bonds is 3. The van der Waals surface area contributed by atoms with E-state index in [1.165, 1.54) is 24.3 Å². The van der Waals surface area contributed by atoms with E-state index in [0.29, 0.717) is 11.1 Å². The fraction of sp³-hybridized carbons (Fsp3) is 0.316. The number of carbonyl (C=O) groups excluding carboxylic acids is 1. The highest BCUT2D eigenvalue weighted by Crippen LogP contribution is 2.48. The number of hydrogen-bond donors (Lipinski definition) is 5. The van der Waals surface area contributed by atoms with E-state index in [2.05, 4.69) is 0 Å². The van der Waals surface area contributed by atoms with Gasteiger partial charge in [-0.2, -0.15) is 0 Å². The van der Waals surface area contributed by atoms with Gasteiger partial charge in [0.1, 0.15) is 29.0 Å². The zero-order valence-electron chi connectivity index (χ0n) is 14.8. The second-order valence-corrected chi connectivity index (χ2v) is 7.06. The number of phenols is 4. The third-order valence-electron chi connectivity index (χ3n) is 4.80. The summed E-state index contributed by atoms with van der Waals surface area (Å²) in [5.74, 6) is -1.13. The molecule has 2 atom stereocenters. The number of hydrogen-bond acceptors (Lipinski definition) is 7. The average Bonchev–Trinajstić information content (AvgIpc) is 2.55. The van der Waals surface area contributed by atoms with E-state index in [-0.39, 0.29) is 35.2 Å². The van der Waals surface area contributed by atoms with Crippen molar-refractivity contribution in [3.63, 3.8) is 0 Å². The third-order valence-corrected chi connectivity index (χ3v) is 4.80. The van der Waals surface area contributed by atoms with Gasteiger partial charge in [0.2, 0.25) is 0 Å². The smallest absolute Gasteiger partial charge is 0.405 e. The lowest BCUT2D eigenvalue weighted by Gasteiger charge is -2.42. The Morgan fingerprint density at radius 3 is 2.44 bits per heavy atom. The molecule has 1 aliphatic rings. The summed E-state index contributed by atoms with van der Waals surface area (Å²) in [5, 5.41) is 39.4. The van der Waals surface area contributed by atoms with Crippen molar-refractivity contribution in [3.8, 4) is 28.7 Å². The molecule has 2 aromatic rings. The van der Waals surface area contributed by atoms with E-state index >= 15 is 0 Å². The van der Waals surface area contributed by atoms with Gasteiger partial charge >= 0.3 is 6.09 Å². The molecule has 8 nitrogen and oxygen atoms in total. The van der Waals surface area contributed by atoms with Crippen LogP contribution in [0.5, 0.6) is 28.7 Å². The highest BCUT2D eigenvalue weighted by molar-refractivity contribution is 5.65. The molecule has 1 amide bonds. The molecule has 144 valence electrons. The molecule has 0 bridgehead atoms. The molecule has 0 saturated carbocycles. The average molecular weight is 375 g/mol. The van der Waals surface area contributed by atoms with Crippen LogP contribution in [0.15, 0.2) is 30.3 Å². The lowest BCUT2D eigenvalue weighted by molar-refractivity contribution is -0.0542. The van der Waals surface area contributed by atoms with Crippen LogP contribution in [0.3, 0.4) is 0 Å². The molecule has 27 heavy (non-hydrogen) atoms. The van der Waals surface area contributed by atoms with Crippen LogP contribution in [-0.2, 0) is 11.2 Å². The first-order valence-corrected chi connectivity index (χ1v) is 8.30. The molecule has 1 heterocycles. The van der Waals surface area contributed by atoms with E-state index in [1.807, 2.05) is 0 Å². The molecule has 1 aliphatic heterocycles. The number of carbonyl (C=O) groups is 1. The molecule has 2 aromatic carbocycles. The van der Waals surface area contributed by atoms with E-state index < -0.39 is 23.7 Å². The lowest BCUT2D eigenvalue weighted by Crippen LogP contribution is -2.45. The van der Waals surface area contributed by atoms with Crippen molar-refractivity contribution in [3.05, 3.63) is 41.5 Å². The fourth-order valence-corrected chi connectivity index (χ4v) is 3.44. The van der Waals surface area contributed by atoms with Crippen LogP contribution in [0.4, 0.5) is 4.79 Å². The number of benzene rings is 2. The van der Waals surface area contributed by atoms with Gasteiger partial charge in [0, 0.05) is 23.6 Å². The summed E-state index contributed by atoms with van der Waals surface area (Å²) in [6.45, 7) is 3.34. The molecule has 3 rings (SSSR count). The maximum Gasteiger partial charge on any atom is 0.405 e. The fourth-order valence-electron chi connectivity index (χ4n) is 3.44. The first kappa shape index (κ1) is 18.5. The Labute approximate surface area is 155 Å². The van der Waals surface area contributed by atoms with Crippen molar-refractivity contribution in [2.75, 3.05) is 0 Å². The first-order chi connectivity index (χ1) is 12.6. The van der Waals surface area contributed by atoms with Crippen LogP contribution in [0.1, 0.15) is 31.1 Å². The van der Waals surface area contributed by atoms with Gasteiger partial charge in [-0.05, 0) is 38.0 Å². The standard InChI is InChI=1S/C19H21NO7/c1-19(2,27-18(20)25)12-8-11-14(23)6-10(21)7-16(11)26-17(12)9-3-4-13(22)15(24)5-9/h3-7,12,17,21-24H,8H2,1-2H3,(H2,20,25)/t12-,17+/m1/s1. The minimum absolute atomic E-state index is 0.142. The summed E-state index contributed by atoms with van der Waals surface area (Å²) in [6, 6.07) is 6.82. The summed E-state index contributed by atoms with van der Waals surface area (Å²) in [7, 11) is 0. The largest absolute Gasteiger partial charge is 0.508 e. The molecule has 0 radical (unpaired) electrons. The number of amides is 1. The summed E-state index contributed by atoms with van der Waals surface area (Å²) >= 11 is 0. The summed E-state index contributed by atoms with van der Waals surface area (Å²) in [6.07, 6.45) is -1.40. The van der Waals surface area contributed by atoms with Crippen molar-refractivity contribution >= 4 is 6.09 Å². The van der Waals surface area contributed by atoms with Crippen LogP contribution in [0, 0.1) is 5.92 Å². The van der Waals surface area contributed by atoms with Crippen LogP contribution in [0.2, 0.25) is 0 Å². The molecule has 0 saturated heterocycles. The zero-order valence-corrected chi connectivity index (χ0v) is 14.8. The maximum atomic E-state index is 11.4. The predicted octanol–water partition coefficient (Wildman–Crippen LogP) is 2.68. The number of nitrogens with two attached hydrogens (primary N) is 1. The van der Waals surface area contributed by atoms with Gasteiger partial charge in [-0.1, -0.05) is 6.07 Å². The Hall–Kier alpha value is -3.29. The SMILES string of the molecule is CC(C)(OC(N)=O)[C@@H]1Cc2c(O)cc(O)cc2O[C@H]1c1ccc(O)c(O)c1. The Morgan fingerprint density at radius 1 is 1.11 bits per heavy atom. The van der Waals surface area contributed by atoms with E-state index in [0.717, 1.165) is 0 Å². The molecule has 0 fully saturated rings. The molecular formula is C19H21NO7. The van der Waals surface area contributed by atoms with Gasteiger partial charge in [-0.15, -0.1) is 0 Å². The Morgan fingerprint density at radius 2 is 1.81 bits per heavy atom. The predicted molar refractivity (Wildman–Crippen MR) is 94.9 cm³/mol. The van der Waals surface area contributed by atoms with Crippen molar-refractivity contribution in [2.24, 2.45) is 11.7 Å². The van der Waals surface area contributed by atoms with Gasteiger partial charge in [-0.25, -0.2) is 4.79 Å². The molecule has 8 heteroatoms. The molecule has 0 aromatic heterocycles. The van der Waals surface area contributed by atoms with Gasteiger partial charge in [-0.3, -0.25) is 0 Å². The third kappa shape index (κ3) is 3.51. The van der Waals surface area contributed by atoms with Crippen LogP contribution in [0.25, 0.3) is 0 Å². The van der Waals surface area contributed by atoms with Crippen molar-refractivity contribution in [1.82, 2.24) is 0 Å². The van der Waals surface area contributed by atoms with Crippen LogP contribution < -0.4 is 10.5 Å². The quantitative estimate of drug-likeness (QED) is 0.519. The minimum Gasteiger partial charge on any atom is -0.508 e. The molecular weight excluding hydrogens is 354 g/mol. The van der Waals surface area contributed by atoms with E-state index in [9.17, 15) is 25.2 Å².